The van der Waals surface area contributed by atoms with Gasteiger partial charge in [0.25, 0.3) is 0 Å². The van der Waals surface area contributed by atoms with Gasteiger partial charge in [0.1, 0.15) is 0 Å². The van der Waals surface area contributed by atoms with Crippen molar-refractivity contribution in [2.45, 2.75) is 0 Å². The van der Waals surface area contributed by atoms with Crippen molar-refractivity contribution in [3.8, 4) is 0 Å². The first-order valence-corrected chi connectivity index (χ1v) is 1.77. The van der Waals surface area contributed by atoms with E-state index < -0.39 is 0 Å². The van der Waals surface area contributed by atoms with Gasteiger partial charge in [0.05, 0.1) is 6.20 Å². The third-order valence-electron chi connectivity index (χ3n) is 0.517. The third kappa shape index (κ3) is 4.66. The van der Waals surface area contributed by atoms with Crippen molar-refractivity contribution in [2.75, 3.05) is 0 Å². The van der Waals surface area contributed by atoms with Crippen molar-refractivity contribution in [1.29, 1.82) is 0 Å². The topological polar surface area (TPSA) is 12.9 Å². The van der Waals surface area contributed by atoms with Gasteiger partial charge in [-0.15, -0.1) is 0 Å². The molecule has 0 aromatic carbocycles. The van der Waals surface area contributed by atoms with E-state index in [1.165, 1.54) is 0 Å². The van der Waals surface area contributed by atoms with Crippen molar-refractivity contribution >= 4 is 0 Å². The van der Waals surface area contributed by atoms with Crippen LogP contribution in [-0.4, -0.2) is 4.98 Å². The van der Waals surface area contributed by atoms with Gasteiger partial charge >= 0.3 is 0 Å². The standard InChI is InChI=1S/C5H4N.HI.Zn/c1-2-4-6-5-3-1;;/h1-4H;1H;/p-1. The fourth-order valence-electron chi connectivity index (χ4n) is 0.277. The predicted octanol–water partition coefficient (Wildman–Crippen LogP) is -2.12. The maximum atomic E-state index is 3.66. The first kappa shape index (κ1) is 11.3. The molecule has 0 fully saturated rings. The van der Waals surface area contributed by atoms with Crippen molar-refractivity contribution < 1.29 is 43.5 Å². The first-order chi connectivity index (χ1) is 3.00. The molecule has 1 radical (unpaired) electrons. The van der Waals surface area contributed by atoms with E-state index in [0.717, 1.165) is 0 Å². The van der Waals surface area contributed by atoms with Crippen LogP contribution in [0.5, 0.6) is 0 Å². The molecule has 1 rings (SSSR count). The molecule has 3 heteroatoms. The number of aromatic nitrogens is 1. The van der Waals surface area contributed by atoms with Crippen LogP contribution in [0, 0.1) is 6.20 Å². The predicted molar refractivity (Wildman–Crippen MR) is 23.1 cm³/mol. The number of rotatable bonds is 0. The van der Waals surface area contributed by atoms with E-state index in [1.807, 2.05) is 12.1 Å². The number of pyridine rings is 1. The molecule has 1 aromatic heterocycles. The first-order valence-electron chi connectivity index (χ1n) is 1.77. The summed E-state index contributed by atoms with van der Waals surface area (Å²) in [4.78, 5) is 3.66. The van der Waals surface area contributed by atoms with E-state index in [-0.39, 0.29) is 43.5 Å². The number of hydrogen-bond donors (Lipinski definition) is 0. The van der Waals surface area contributed by atoms with Crippen LogP contribution in [0.25, 0.3) is 0 Å². The van der Waals surface area contributed by atoms with Crippen LogP contribution in [-0.2, 0) is 19.5 Å². The van der Waals surface area contributed by atoms with E-state index in [2.05, 4.69) is 11.2 Å². The van der Waals surface area contributed by atoms with Gasteiger partial charge in [-0.3, -0.25) is 4.98 Å². The van der Waals surface area contributed by atoms with Crippen LogP contribution in [0.4, 0.5) is 0 Å². The van der Waals surface area contributed by atoms with E-state index in [0.29, 0.717) is 0 Å². The Morgan fingerprint density at radius 2 is 2.00 bits per heavy atom. The molecule has 0 bridgehead atoms. The van der Waals surface area contributed by atoms with Crippen LogP contribution < -0.4 is 24.0 Å². The third-order valence-corrected chi connectivity index (χ3v) is 0.517. The van der Waals surface area contributed by atoms with Crippen LogP contribution in [0.3, 0.4) is 0 Å². The van der Waals surface area contributed by atoms with Gasteiger partial charge in [-0.25, -0.2) is 0 Å². The van der Waals surface area contributed by atoms with Crippen LogP contribution >= 0.6 is 0 Å². The molecular weight excluding hydrogens is 266 g/mol. The summed E-state index contributed by atoms with van der Waals surface area (Å²) in [6.07, 6.45) is 4.34. The summed E-state index contributed by atoms with van der Waals surface area (Å²) in [5.74, 6) is 0. The van der Waals surface area contributed by atoms with Crippen molar-refractivity contribution in [3.05, 3.63) is 30.6 Å². The second-order valence-electron chi connectivity index (χ2n) is 0.959. The molecule has 0 N–H and O–H groups in total. The molecule has 0 amide bonds. The van der Waals surface area contributed by atoms with Gasteiger partial charge in [0, 0.05) is 25.7 Å². The maximum Gasteiger partial charge on any atom is 0.0886 e. The molecule has 0 unspecified atom stereocenters. The number of halogens is 1. The summed E-state index contributed by atoms with van der Waals surface area (Å²) in [6.45, 7) is 0. The zero-order valence-corrected chi connectivity index (χ0v) is 9.47. The molecule has 1 heterocycles. The van der Waals surface area contributed by atoms with Gasteiger partial charge in [0.2, 0.25) is 0 Å². The Morgan fingerprint density at radius 1 is 1.25 bits per heavy atom. The Kier molecular flexibility index (Phi) is 10.6. The van der Waals surface area contributed by atoms with E-state index >= 15 is 0 Å². The minimum Gasteiger partial charge on any atom is -1.00 e. The van der Waals surface area contributed by atoms with Crippen LogP contribution in [0.2, 0.25) is 0 Å². The van der Waals surface area contributed by atoms with Gasteiger partial charge < -0.3 is 24.0 Å². The van der Waals surface area contributed by atoms with Crippen molar-refractivity contribution in [1.82, 2.24) is 4.98 Å². The van der Waals surface area contributed by atoms with Gasteiger partial charge in [-0.2, -0.15) is 0 Å². The molecule has 0 spiro atoms. The summed E-state index contributed by atoms with van der Waals surface area (Å²) >= 11 is 0. The molecule has 0 aliphatic carbocycles. The second kappa shape index (κ2) is 7.50. The van der Waals surface area contributed by atoms with E-state index in [4.69, 9.17) is 0 Å². The second-order valence-corrected chi connectivity index (χ2v) is 0.959. The number of hydrogen-bond acceptors (Lipinski definition) is 1. The van der Waals surface area contributed by atoms with Crippen molar-refractivity contribution in [3.63, 3.8) is 0 Å². The summed E-state index contributed by atoms with van der Waals surface area (Å²) in [7, 11) is 0. The smallest absolute Gasteiger partial charge is 0.0886 e. The fraction of sp³-hybridized carbons (Fsp3) is 0. The summed E-state index contributed by atoms with van der Waals surface area (Å²) in [5.41, 5.74) is 0. The average Bonchev–Trinajstić information content (AvgIpc) is 1.72. The number of nitrogens with zero attached hydrogens (tertiary/aromatic N) is 1. The van der Waals surface area contributed by atoms with Gasteiger partial charge in [-0.1, -0.05) is 6.07 Å². The van der Waals surface area contributed by atoms with Crippen LogP contribution in [0.15, 0.2) is 24.4 Å². The largest absolute Gasteiger partial charge is 1.00 e. The Morgan fingerprint density at radius 3 is 2.12 bits per heavy atom. The van der Waals surface area contributed by atoms with Gasteiger partial charge in [-0.05, 0) is 12.1 Å². The Hall–Kier alpha value is 0.503. The Labute approximate surface area is 78.7 Å². The molecule has 1 aromatic rings. The van der Waals surface area contributed by atoms with Crippen LogP contribution in [0.1, 0.15) is 0 Å². The minimum absolute atomic E-state index is 0. The zero-order valence-electron chi connectivity index (χ0n) is 4.34. The van der Waals surface area contributed by atoms with Crippen molar-refractivity contribution in [2.24, 2.45) is 0 Å². The molecule has 0 saturated carbocycles. The SMILES string of the molecule is [I-].[Zn].[c]1ccccn1. The molecule has 0 atom stereocenters. The van der Waals surface area contributed by atoms with E-state index in [1.54, 1.807) is 12.3 Å². The molecule has 8 heavy (non-hydrogen) atoms. The minimum atomic E-state index is 0. The molecule has 0 aliphatic heterocycles. The monoisotopic (exact) mass is 269 g/mol. The molecule has 0 saturated heterocycles. The quantitative estimate of drug-likeness (QED) is 0.388. The maximum absolute atomic E-state index is 3.66. The normalized spacial score (nSPS) is 6.00. The van der Waals surface area contributed by atoms with Gasteiger partial charge in [0.15, 0.2) is 0 Å². The summed E-state index contributed by atoms with van der Waals surface area (Å²) in [6, 6.07) is 5.50. The summed E-state index contributed by atoms with van der Waals surface area (Å²) < 4.78 is 0. The Balaban J connectivity index is 0. The fourth-order valence-corrected chi connectivity index (χ4v) is 0.277. The zero-order chi connectivity index (χ0) is 4.24. The molecule has 0 aliphatic rings. The molecule has 1 nitrogen and oxygen atoms in total. The average molecular weight is 270 g/mol. The molecule has 39 valence electrons. The Bertz CT molecular complexity index is 84.4. The summed E-state index contributed by atoms with van der Waals surface area (Å²) in [5, 5.41) is 0. The van der Waals surface area contributed by atoms with E-state index in [9.17, 15) is 0 Å². The molecular formula is C5H4INZn-.